The predicted octanol–water partition coefficient (Wildman–Crippen LogP) is 8.67. The molecule has 3 N–H and O–H groups in total. The van der Waals surface area contributed by atoms with E-state index in [-0.39, 0.29) is 93.6 Å². The van der Waals surface area contributed by atoms with Gasteiger partial charge in [0, 0.05) is 29.1 Å². The molecule has 0 bridgehead atoms. The highest BCUT2D eigenvalue weighted by atomic mass is 32.1. The summed E-state index contributed by atoms with van der Waals surface area (Å²) in [7, 11) is 0. The van der Waals surface area contributed by atoms with Gasteiger partial charge in [-0.05, 0) is 109 Å². The Balaban J connectivity index is 1.13. The van der Waals surface area contributed by atoms with E-state index in [1.54, 1.807) is 19.2 Å². The highest BCUT2D eigenvalue weighted by Gasteiger charge is 2.70. The third-order valence-electron chi connectivity index (χ3n) is 17.7. The van der Waals surface area contributed by atoms with E-state index >= 15 is 0 Å². The number of esters is 1. The Kier molecular flexibility index (Phi) is 10.1. The Labute approximate surface area is 343 Å². The van der Waals surface area contributed by atoms with Crippen LogP contribution in [0.4, 0.5) is 5.13 Å². The standard InChI is InChI=1S/C46H67N3O7S/c1-25(2)35-30(52)22-46(49-38(54)40(3,4)21-29(51)28-23-57-39(47)48-28)19-18-44(10)26(36(35)46)12-13-32-43(9)16-15-33(42(7,8)31(43)14-17-45(32,44)11)56-37(53)27-20-34(55-24-50)41(27,5)6/h23-27,31-34H,12-22H2,1-11H3,(H2,47,48)(H,49,54)/t26-,27-,31+,32-,33+,34-,43+,44-,45-,46-/m1/s1. The average molecular weight is 806 g/mol. The highest BCUT2D eigenvalue weighted by Crippen LogP contribution is 2.76. The number of nitrogen functional groups attached to an aromatic ring is 1. The molecule has 11 heteroatoms. The number of aromatic nitrogens is 1. The van der Waals surface area contributed by atoms with E-state index in [2.05, 4.69) is 58.8 Å². The van der Waals surface area contributed by atoms with Crippen molar-refractivity contribution in [3.8, 4) is 0 Å². The van der Waals surface area contributed by atoms with Crippen molar-refractivity contribution >= 4 is 46.4 Å². The van der Waals surface area contributed by atoms with E-state index in [1.165, 1.54) is 16.9 Å². The second kappa shape index (κ2) is 13.7. The third kappa shape index (κ3) is 6.19. The van der Waals surface area contributed by atoms with Gasteiger partial charge in [-0.15, -0.1) is 11.3 Å². The summed E-state index contributed by atoms with van der Waals surface area (Å²) in [6, 6.07) is 0. The number of ketones is 2. The van der Waals surface area contributed by atoms with Crippen molar-refractivity contribution in [1.82, 2.24) is 10.3 Å². The summed E-state index contributed by atoms with van der Waals surface area (Å²) < 4.78 is 11.7. The fraction of sp³-hybridized carbons (Fsp3) is 0.783. The molecule has 1 aromatic rings. The zero-order chi connectivity index (χ0) is 41.9. The molecule has 5 fully saturated rings. The highest BCUT2D eigenvalue weighted by molar-refractivity contribution is 7.13. The van der Waals surface area contributed by atoms with E-state index in [0.717, 1.165) is 50.5 Å². The van der Waals surface area contributed by atoms with Crippen LogP contribution in [0.1, 0.15) is 157 Å². The minimum Gasteiger partial charge on any atom is -0.464 e. The number of amides is 1. The number of fused-ring (bicyclic) bond motifs is 7. The lowest BCUT2D eigenvalue weighted by molar-refractivity contribution is -0.236. The molecule has 10 atom stereocenters. The van der Waals surface area contributed by atoms with Gasteiger partial charge in [0.15, 0.2) is 16.7 Å². The summed E-state index contributed by atoms with van der Waals surface area (Å²) in [6.07, 6.45) is 7.84. The van der Waals surface area contributed by atoms with Gasteiger partial charge in [-0.1, -0.05) is 76.2 Å². The molecule has 0 aromatic carbocycles. The predicted molar refractivity (Wildman–Crippen MR) is 220 cm³/mol. The first-order valence-corrected chi connectivity index (χ1v) is 22.4. The van der Waals surface area contributed by atoms with Gasteiger partial charge in [0.05, 0.1) is 16.9 Å². The number of nitrogens with zero attached hydrogens (tertiary/aromatic N) is 1. The average Bonchev–Trinajstić information content (AvgIpc) is 3.68. The van der Waals surface area contributed by atoms with Crippen molar-refractivity contribution < 1.29 is 33.4 Å². The van der Waals surface area contributed by atoms with Gasteiger partial charge >= 0.3 is 5.97 Å². The Morgan fingerprint density at radius 2 is 1.65 bits per heavy atom. The van der Waals surface area contributed by atoms with Crippen molar-refractivity contribution in [2.75, 3.05) is 5.73 Å². The van der Waals surface area contributed by atoms with Crippen LogP contribution in [-0.2, 0) is 28.7 Å². The number of thiazole rings is 1. The molecule has 1 amide bonds. The quantitative estimate of drug-likeness (QED) is 0.134. The number of hydrogen-bond acceptors (Lipinski definition) is 10. The van der Waals surface area contributed by atoms with Gasteiger partial charge in [0.25, 0.3) is 6.47 Å². The van der Waals surface area contributed by atoms with Crippen LogP contribution in [0.5, 0.6) is 0 Å². The van der Waals surface area contributed by atoms with Crippen molar-refractivity contribution in [3.63, 3.8) is 0 Å². The smallest absolute Gasteiger partial charge is 0.310 e. The molecule has 1 heterocycles. The summed E-state index contributed by atoms with van der Waals surface area (Å²) >= 11 is 1.21. The zero-order valence-electron chi connectivity index (χ0n) is 36.3. The second-order valence-corrected chi connectivity index (χ2v) is 22.8. The second-order valence-electron chi connectivity index (χ2n) is 21.9. The van der Waals surface area contributed by atoms with E-state index in [4.69, 9.17) is 15.2 Å². The minimum absolute atomic E-state index is 0.00226. The molecule has 0 saturated heterocycles. The molecule has 6 aliphatic carbocycles. The van der Waals surface area contributed by atoms with Gasteiger partial charge < -0.3 is 20.5 Å². The number of nitrogens with two attached hydrogens (primary N) is 1. The number of ether oxygens (including phenoxy) is 2. The van der Waals surface area contributed by atoms with Crippen molar-refractivity contribution in [1.29, 1.82) is 0 Å². The van der Waals surface area contributed by atoms with Crippen LogP contribution in [-0.4, -0.2) is 52.6 Å². The molecule has 5 saturated carbocycles. The lowest BCUT2D eigenvalue weighted by Crippen LogP contribution is -2.67. The SMILES string of the molecule is CC(C)C1=C2[C@H]3CC[C@@H]4[C@@]5(C)CC[C@H](OC(=O)[C@H]6C[C@@H](OC=O)C6(C)C)C(C)(C)[C@@H]5CC[C@@]4(C)[C@]3(C)CC[C@@]2(NC(=O)C(C)(C)CC(=O)c2csc(N)n2)CC1=O. The maximum absolute atomic E-state index is 14.4. The Hall–Kier alpha value is -3.08. The van der Waals surface area contributed by atoms with Gasteiger partial charge in [0.2, 0.25) is 5.91 Å². The molecular formula is C46H67N3O7S. The van der Waals surface area contributed by atoms with Gasteiger partial charge in [-0.3, -0.25) is 24.0 Å². The summed E-state index contributed by atoms with van der Waals surface area (Å²) in [5, 5.41) is 5.45. The molecule has 0 radical (unpaired) electrons. The molecule has 57 heavy (non-hydrogen) atoms. The zero-order valence-corrected chi connectivity index (χ0v) is 37.1. The maximum atomic E-state index is 14.4. The number of nitrogens with one attached hydrogen (secondary N) is 1. The van der Waals surface area contributed by atoms with Crippen molar-refractivity contribution in [3.05, 3.63) is 22.2 Å². The summed E-state index contributed by atoms with van der Waals surface area (Å²) in [4.78, 5) is 70.6. The summed E-state index contributed by atoms with van der Waals surface area (Å²) in [5.41, 5.74) is 5.69. The van der Waals surface area contributed by atoms with Crippen molar-refractivity contribution in [2.24, 2.45) is 62.1 Å². The summed E-state index contributed by atoms with van der Waals surface area (Å²) in [6.45, 7) is 24.5. The number of anilines is 1. The number of Topliss-reactive ketones (excluding diaryl/α,β-unsaturated/α-hetero) is 2. The van der Waals surface area contributed by atoms with Crippen LogP contribution in [0.15, 0.2) is 16.5 Å². The normalized spacial score (nSPS) is 39.2. The number of carbonyl (C=O) groups excluding carboxylic acids is 5. The molecule has 1 aromatic heterocycles. The van der Waals surface area contributed by atoms with E-state index in [0.29, 0.717) is 36.3 Å². The van der Waals surface area contributed by atoms with Gasteiger partial charge in [-0.25, -0.2) is 4.98 Å². The number of allylic oxidation sites excluding steroid dienone is 1. The Morgan fingerprint density at radius 3 is 2.26 bits per heavy atom. The molecule has 0 aliphatic heterocycles. The lowest BCUT2D eigenvalue weighted by Gasteiger charge is -2.72. The number of rotatable bonds is 10. The first-order chi connectivity index (χ1) is 26.4. The molecule has 7 rings (SSSR count). The topological polar surface area (TPSA) is 155 Å². The summed E-state index contributed by atoms with van der Waals surface area (Å²) in [5.74, 6) is 0.286. The fourth-order valence-corrected chi connectivity index (χ4v) is 14.7. The first-order valence-electron chi connectivity index (χ1n) is 21.5. The van der Waals surface area contributed by atoms with Crippen LogP contribution in [0, 0.1) is 62.1 Å². The van der Waals surface area contributed by atoms with Gasteiger partial charge in [-0.2, -0.15) is 0 Å². The van der Waals surface area contributed by atoms with Crippen LogP contribution in [0.25, 0.3) is 0 Å². The molecule has 6 aliphatic rings. The Bertz CT molecular complexity index is 1900. The molecule has 10 nitrogen and oxygen atoms in total. The number of hydrogen-bond donors (Lipinski definition) is 2. The van der Waals surface area contributed by atoms with E-state index in [1.807, 2.05) is 13.8 Å². The lowest BCUT2D eigenvalue weighted by atomic mass is 9.33. The van der Waals surface area contributed by atoms with Crippen LogP contribution >= 0.6 is 11.3 Å². The molecule has 314 valence electrons. The van der Waals surface area contributed by atoms with Crippen LogP contribution < -0.4 is 11.1 Å². The van der Waals surface area contributed by atoms with Crippen LogP contribution in [0.2, 0.25) is 0 Å². The Morgan fingerprint density at radius 1 is 0.947 bits per heavy atom. The first kappa shape index (κ1) is 42.1. The largest absolute Gasteiger partial charge is 0.464 e. The monoisotopic (exact) mass is 805 g/mol. The number of carbonyl (C=O) groups is 5. The molecule has 0 spiro atoms. The molecular weight excluding hydrogens is 739 g/mol. The maximum Gasteiger partial charge on any atom is 0.310 e. The fourth-order valence-electron chi connectivity index (χ4n) is 14.1. The minimum atomic E-state index is -1.02. The van der Waals surface area contributed by atoms with Crippen molar-refractivity contribution in [2.45, 2.75) is 165 Å². The van der Waals surface area contributed by atoms with E-state index < -0.39 is 16.4 Å². The van der Waals surface area contributed by atoms with E-state index in [9.17, 15) is 24.0 Å². The molecule has 0 unspecified atom stereocenters. The third-order valence-corrected chi connectivity index (χ3v) is 18.4. The van der Waals surface area contributed by atoms with Crippen LogP contribution in [0.3, 0.4) is 0 Å². The van der Waals surface area contributed by atoms with Gasteiger partial charge in [0.1, 0.15) is 17.9 Å².